The molecule has 1 aromatic carbocycles. The molecule has 0 aromatic heterocycles. The maximum absolute atomic E-state index is 13.3. The zero-order valence-corrected chi connectivity index (χ0v) is 11.2. The second-order valence-corrected chi connectivity index (χ2v) is 6.17. The van der Waals surface area contributed by atoms with Gasteiger partial charge in [0.25, 0.3) is 0 Å². The fourth-order valence-electron chi connectivity index (χ4n) is 1.04. The number of halogens is 5. The van der Waals surface area contributed by atoms with Gasteiger partial charge in [0, 0.05) is 4.47 Å². The van der Waals surface area contributed by atoms with Gasteiger partial charge in [0.05, 0.1) is 17.9 Å². The van der Waals surface area contributed by atoms with Gasteiger partial charge in [-0.1, -0.05) is 15.9 Å². The van der Waals surface area contributed by atoms with Crippen LogP contribution in [0.15, 0.2) is 22.7 Å². The normalized spacial score (nSPS) is 12.5. The fraction of sp³-hybridized carbons (Fsp3) is 0.333. The third-order valence-corrected chi connectivity index (χ3v) is 3.62. The van der Waals surface area contributed by atoms with Crippen molar-refractivity contribution in [2.24, 2.45) is 0 Å². The summed E-state index contributed by atoms with van der Waals surface area (Å²) in [6.07, 6.45) is -6.06. The van der Waals surface area contributed by atoms with Crippen molar-refractivity contribution in [3.63, 3.8) is 0 Å². The molecule has 0 amide bonds. The van der Waals surface area contributed by atoms with Crippen LogP contribution >= 0.6 is 15.9 Å². The Morgan fingerprint density at radius 2 is 1.89 bits per heavy atom. The number of benzene rings is 1. The molecule has 1 aromatic rings. The molecule has 0 aliphatic carbocycles. The Morgan fingerprint density at radius 1 is 1.28 bits per heavy atom. The Bertz CT molecular complexity index is 530. The fourth-order valence-corrected chi connectivity index (χ4v) is 2.48. The molecule has 3 nitrogen and oxygen atoms in total. The highest BCUT2D eigenvalue weighted by Crippen LogP contribution is 2.23. The van der Waals surface area contributed by atoms with Crippen molar-refractivity contribution in [1.82, 2.24) is 0 Å². The number of anilines is 1. The Morgan fingerprint density at radius 3 is 2.39 bits per heavy atom. The van der Waals surface area contributed by atoms with E-state index in [9.17, 15) is 26.0 Å². The Balaban J connectivity index is 2.77. The number of alkyl halides is 3. The summed E-state index contributed by atoms with van der Waals surface area (Å²) < 4.78 is 73.7. The predicted molar refractivity (Wildman–Crippen MR) is 62.2 cm³/mol. The van der Waals surface area contributed by atoms with Gasteiger partial charge in [0.1, 0.15) is 5.82 Å². The Hall–Kier alpha value is -0.830. The zero-order chi connectivity index (χ0) is 14.0. The van der Waals surface area contributed by atoms with Gasteiger partial charge in [-0.05, 0) is 18.2 Å². The number of hydrogen-bond donors (Lipinski definition) is 1. The molecule has 9 heteroatoms. The van der Waals surface area contributed by atoms with Crippen LogP contribution in [0, 0.1) is 5.82 Å². The molecule has 102 valence electrons. The first-order valence-corrected chi connectivity index (χ1v) is 7.06. The van der Waals surface area contributed by atoms with E-state index in [4.69, 9.17) is 0 Å². The third-order valence-electron chi connectivity index (χ3n) is 1.85. The van der Waals surface area contributed by atoms with E-state index in [-0.39, 0.29) is 5.69 Å². The summed E-state index contributed by atoms with van der Waals surface area (Å²) in [7, 11) is -4.23. The molecule has 0 atom stereocenters. The zero-order valence-electron chi connectivity index (χ0n) is 8.76. The molecule has 0 heterocycles. The monoisotopic (exact) mass is 349 g/mol. The van der Waals surface area contributed by atoms with Crippen molar-refractivity contribution in [3.8, 4) is 0 Å². The van der Waals surface area contributed by atoms with Crippen LogP contribution < -0.4 is 4.72 Å². The standard InChI is InChI=1S/C9H8BrF4NO2S/c10-6-1-2-8(7(11)5-6)15-18(16,17)4-3-9(12,13)14/h1-2,5,15H,3-4H2. The summed E-state index contributed by atoms with van der Waals surface area (Å²) in [5, 5.41) is 0. The van der Waals surface area contributed by atoms with Gasteiger partial charge in [0.2, 0.25) is 10.0 Å². The van der Waals surface area contributed by atoms with E-state index in [1.165, 1.54) is 6.07 Å². The Labute approximate surface area is 109 Å². The Kier molecular flexibility index (Phi) is 4.60. The first-order chi connectivity index (χ1) is 8.09. The molecule has 0 unspecified atom stereocenters. The molecule has 18 heavy (non-hydrogen) atoms. The van der Waals surface area contributed by atoms with Crippen LogP contribution in [0.4, 0.5) is 23.2 Å². The van der Waals surface area contributed by atoms with Crippen molar-refractivity contribution >= 4 is 31.6 Å². The lowest BCUT2D eigenvalue weighted by Crippen LogP contribution is -2.22. The topological polar surface area (TPSA) is 46.2 Å². The van der Waals surface area contributed by atoms with Crippen LogP contribution in [-0.4, -0.2) is 20.3 Å². The van der Waals surface area contributed by atoms with Gasteiger partial charge in [-0.2, -0.15) is 13.2 Å². The molecular formula is C9H8BrF4NO2S. The van der Waals surface area contributed by atoms with E-state index in [1.807, 2.05) is 0 Å². The summed E-state index contributed by atoms with van der Waals surface area (Å²) in [6.45, 7) is 0. The minimum absolute atomic E-state index is 0.387. The maximum atomic E-state index is 13.3. The molecule has 0 saturated heterocycles. The number of rotatable bonds is 4. The quantitative estimate of drug-likeness (QED) is 0.848. The molecule has 1 rings (SSSR count). The van der Waals surface area contributed by atoms with Crippen LogP contribution in [0.5, 0.6) is 0 Å². The molecule has 1 N–H and O–H groups in total. The lowest BCUT2D eigenvalue weighted by molar-refractivity contribution is -0.129. The van der Waals surface area contributed by atoms with E-state index < -0.39 is 34.2 Å². The molecule has 0 bridgehead atoms. The first kappa shape index (κ1) is 15.2. The van der Waals surface area contributed by atoms with Crippen LogP contribution in [0.2, 0.25) is 0 Å². The van der Waals surface area contributed by atoms with Crippen LogP contribution in [0.1, 0.15) is 6.42 Å². The van der Waals surface area contributed by atoms with Crippen LogP contribution in [0.3, 0.4) is 0 Å². The van der Waals surface area contributed by atoms with Crippen molar-refractivity contribution < 1.29 is 26.0 Å². The van der Waals surface area contributed by atoms with Gasteiger partial charge in [-0.25, -0.2) is 12.8 Å². The molecule has 0 radical (unpaired) electrons. The predicted octanol–water partition coefficient (Wildman–Crippen LogP) is 3.28. The molecule has 0 fully saturated rings. The lowest BCUT2D eigenvalue weighted by atomic mass is 10.3. The largest absolute Gasteiger partial charge is 0.390 e. The summed E-state index contributed by atoms with van der Waals surface area (Å²) in [5.74, 6) is -2.02. The number of sulfonamides is 1. The molecular weight excluding hydrogens is 342 g/mol. The highest BCUT2D eigenvalue weighted by atomic mass is 79.9. The van der Waals surface area contributed by atoms with Gasteiger partial charge in [-0.3, -0.25) is 4.72 Å². The first-order valence-electron chi connectivity index (χ1n) is 4.61. The van der Waals surface area contributed by atoms with Crippen molar-refractivity contribution in [3.05, 3.63) is 28.5 Å². The van der Waals surface area contributed by atoms with E-state index in [0.717, 1.165) is 12.1 Å². The van der Waals surface area contributed by atoms with E-state index in [1.54, 1.807) is 4.72 Å². The molecule has 0 aliphatic heterocycles. The SMILES string of the molecule is O=S(=O)(CCC(F)(F)F)Nc1ccc(Br)cc1F. The van der Waals surface area contributed by atoms with E-state index in [0.29, 0.717) is 4.47 Å². The van der Waals surface area contributed by atoms with Crippen LogP contribution in [0.25, 0.3) is 0 Å². The van der Waals surface area contributed by atoms with E-state index >= 15 is 0 Å². The highest BCUT2D eigenvalue weighted by molar-refractivity contribution is 9.10. The van der Waals surface area contributed by atoms with Crippen molar-refractivity contribution in [2.75, 3.05) is 10.5 Å². The van der Waals surface area contributed by atoms with Crippen LogP contribution in [-0.2, 0) is 10.0 Å². The van der Waals surface area contributed by atoms with Gasteiger partial charge in [-0.15, -0.1) is 0 Å². The van der Waals surface area contributed by atoms with Crippen molar-refractivity contribution in [2.45, 2.75) is 12.6 Å². The average Bonchev–Trinajstić information content (AvgIpc) is 2.19. The smallest absolute Gasteiger partial charge is 0.281 e. The lowest BCUT2D eigenvalue weighted by Gasteiger charge is -2.10. The molecule has 0 saturated carbocycles. The second kappa shape index (κ2) is 5.43. The minimum atomic E-state index is -4.58. The third kappa shape index (κ3) is 5.21. The highest BCUT2D eigenvalue weighted by Gasteiger charge is 2.30. The summed E-state index contributed by atoms with van der Waals surface area (Å²) in [4.78, 5) is 0. The molecule has 0 spiro atoms. The maximum Gasteiger partial charge on any atom is 0.390 e. The van der Waals surface area contributed by atoms with E-state index in [2.05, 4.69) is 15.9 Å². The summed E-state index contributed by atoms with van der Waals surface area (Å²) in [5.41, 5.74) is -0.389. The average molecular weight is 350 g/mol. The van der Waals surface area contributed by atoms with Gasteiger partial charge < -0.3 is 0 Å². The number of nitrogens with one attached hydrogen (secondary N) is 1. The van der Waals surface area contributed by atoms with Crippen molar-refractivity contribution in [1.29, 1.82) is 0 Å². The second-order valence-electron chi connectivity index (χ2n) is 3.41. The summed E-state index contributed by atoms with van der Waals surface area (Å²) >= 11 is 2.97. The number of hydrogen-bond acceptors (Lipinski definition) is 2. The van der Waals surface area contributed by atoms with Gasteiger partial charge >= 0.3 is 6.18 Å². The summed E-state index contributed by atoms with van der Waals surface area (Å²) in [6, 6.07) is 3.48. The molecule has 0 aliphatic rings. The van der Waals surface area contributed by atoms with Gasteiger partial charge in [0.15, 0.2) is 0 Å². The minimum Gasteiger partial charge on any atom is -0.281 e.